The number of hydrogen-bond donors (Lipinski definition) is 0. The average Bonchev–Trinajstić information content (AvgIpc) is 3.14. The largest absolute Gasteiger partial charge is 0.336 e. The molecule has 1 unspecified atom stereocenters. The van der Waals surface area contributed by atoms with Gasteiger partial charge in [0.2, 0.25) is 0 Å². The third-order valence-electron chi connectivity index (χ3n) is 4.56. The minimum atomic E-state index is -0.206. The summed E-state index contributed by atoms with van der Waals surface area (Å²) in [6.45, 7) is 3.06. The van der Waals surface area contributed by atoms with Crippen LogP contribution in [0.4, 0.5) is 4.39 Å². The number of nitrogens with zero attached hydrogens (tertiary/aromatic N) is 2. The molecule has 0 spiro atoms. The van der Waals surface area contributed by atoms with E-state index in [-0.39, 0.29) is 10.6 Å². The molecule has 3 aromatic rings. The van der Waals surface area contributed by atoms with Crippen molar-refractivity contribution in [1.29, 1.82) is 0 Å². The van der Waals surface area contributed by atoms with Crippen LogP contribution < -0.4 is 0 Å². The highest BCUT2D eigenvalue weighted by molar-refractivity contribution is 7.99. The Balaban J connectivity index is 1.73. The monoisotopic (exact) mass is 422 g/mol. The van der Waals surface area contributed by atoms with Gasteiger partial charge in [0.15, 0.2) is 0 Å². The van der Waals surface area contributed by atoms with Crippen molar-refractivity contribution < 1.29 is 4.39 Å². The van der Waals surface area contributed by atoms with Crippen LogP contribution in [0.3, 0.4) is 0 Å². The summed E-state index contributed by atoms with van der Waals surface area (Å²) < 4.78 is 15.2. The van der Waals surface area contributed by atoms with Gasteiger partial charge >= 0.3 is 0 Å². The summed E-state index contributed by atoms with van der Waals surface area (Å²) in [4.78, 5) is 4.15. The lowest BCUT2D eigenvalue weighted by molar-refractivity contribution is 0.495. The molecule has 2 nitrogen and oxygen atoms in total. The Morgan fingerprint density at radius 1 is 1.11 bits per heavy atom. The summed E-state index contributed by atoms with van der Waals surface area (Å²) in [7, 11) is 0. The molecule has 27 heavy (non-hydrogen) atoms. The Morgan fingerprint density at radius 2 is 1.81 bits per heavy atom. The van der Waals surface area contributed by atoms with E-state index in [1.165, 1.54) is 12.1 Å². The Kier molecular flexibility index (Phi) is 6.85. The van der Waals surface area contributed by atoms with Crippen molar-refractivity contribution in [3.05, 3.63) is 88.2 Å². The van der Waals surface area contributed by atoms with Crippen molar-refractivity contribution in [3.63, 3.8) is 0 Å². The number of aromatic nitrogens is 2. The second kappa shape index (κ2) is 9.13. The van der Waals surface area contributed by atoms with Crippen molar-refractivity contribution in [2.24, 2.45) is 0 Å². The Bertz CT molecular complexity index is 848. The number of imidazole rings is 1. The topological polar surface area (TPSA) is 17.8 Å². The molecule has 0 aliphatic carbocycles. The second-order valence-corrected chi connectivity index (χ2v) is 9.18. The number of thioether (sulfide) groups is 1. The van der Waals surface area contributed by atoms with Gasteiger partial charge < -0.3 is 4.57 Å². The zero-order chi connectivity index (χ0) is 19.3. The minimum absolute atomic E-state index is 0.0580. The van der Waals surface area contributed by atoms with E-state index in [0.717, 1.165) is 36.3 Å². The van der Waals surface area contributed by atoms with Gasteiger partial charge in [-0.3, -0.25) is 0 Å². The van der Waals surface area contributed by atoms with Crippen LogP contribution >= 0.6 is 35.0 Å². The first-order valence-corrected chi connectivity index (χ1v) is 10.5. The van der Waals surface area contributed by atoms with E-state index < -0.39 is 0 Å². The molecule has 0 bridgehead atoms. The highest BCUT2D eigenvalue weighted by Crippen LogP contribution is 2.38. The van der Waals surface area contributed by atoms with E-state index in [1.54, 1.807) is 6.20 Å². The van der Waals surface area contributed by atoms with Gasteiger partial charge in [0.25, 0.3) is 0 Å². The first kappa shape index (κ1) is 20.2. The van der Waals surface area contributed by atoms with E-state index >= 15 is 0 Å². The predicted molar refractivity (Wildman–Crippen MR) is 113 cm³/mol. The summed E-state index contributed by atoms with van der Waals surface area (Å²) in [6.07, 6.45) is 7.40. The van der Waals surface area contributed by atoms with Crippen LogP contribution in [0, 0.1) is 5.82 Å². The summed E-state index contributed by atoms with van der Waals surface area (Å²) in [6, 6.07) is 12.3. The smallest absolute Gasteiger partial charge is 0.123 e. The van der Waals surface area contributed by atoms with E-state index in [1.807, 2.05) is 54.6 Å². The Morgan fingerprint density at radius 3 is 2.44 bits per heavy atom. The molecule has 0 amide bonds. The molecule has 0 radical (unpaired) electrons. The second-order valence-electron chi connectivity index (χ2n) is 6.80. The van der Waals surface area contributed by atoms with Crippen LogP contribution in [-0.4, -0.2) is 14.3 Å². The van der Waals surface area contributed by atoms with E-state index in [2.05, 4.69) is 16.5 Å². The summed E-state index contributed by atoms with van der Waals surface area (Å²) in [5, 5.41) is 1.39. The molecule has 0 saturated carbocycles. The normalized spacial score (nSPS) is 13.5. The quantitative estimate of drug-likeness (QED) is 0.404. The number of halogens is 3. The van der Waals surface area contributed by atoms with Crippen LogP contribution in [0.25, 0.3) is 0 Å². The summed E-state index contributed by atoms with van der Waals surface area (Å²) in [5.74, 6) is 0.523. The fourth-order valence-corrected chi connectivity index (χ4v) is 4.92. The zero-order valence-corrected chi connectivity index (χ0v) is 17.4. The lowest BCUT2D eigenvalue weighted by Crippen LogP contribution is -2.27. The zero-order valence-electron chi connectivity index (χ0n) is 15.0. The first-order chi connectivity index (χ1) is 13.0. The Labute approximate surface area is 173 Å². The van der Waals surface area contributed by atoms with Gasteiger partial charge in [-0.1, -0.05) is 41.4 Å². The maximum absolute atomic E-state index is 13.2. The van der Waals surface area contributed by atoms with Gasteiger partial charge in [-0.2, -0.15) is 0 Å². The maximum Gasteiger partial charge on any atom is 0.123 e. The summed E-state index contributed by atoms with van der Waals surface area (Å²) in [5.41, 5.74) is 2.09. The minimum Gasteiger partial charge on any atom is -0.336 e. The van der Waals surface area contributed by atoms with Crippen LogP contribution in [-0.2, 0) is 18.7 Å². The van der Waals surface area contributed by atoms with Crippen LogP contribution in [0.15, 0.2) is 61.2 Å². The molecule has 3 rings (SSSR count). The molecule has 0 aliphatic rings. The predicted octanol–water partition coefficient (Wildman–Crippen LogP) is 6.65. The number of rotatable bonds is 8. The van der Waals surface area contributed by atoms with Gasteiger partial charge in [-0.25, -0.2) is 9.37 Å². The number of benzene rings is 2. The molecular weight excluding hydrogens is 402 g/mol. The standard InChI is InChI=1S/C21H21Cl2FN2S/c1-21(14-26-12-11-25-15-26,10-9-16-5-7-17(24)8-6-16)27-13-18-19(22)3-2-4-20(18)23/h2-8,11-12,15H,9-10,13-14H2,1H3. The molecule has 0 aliphatic heterocycles. The molecule has 0 saturated heterocycles. The van der Waals surface area contributed by atoms with Gasteiger partial charge in [0, 0.05) is 39.5 Å². The average molecular weight is 423 g/mol. The molecule has 142 valence electrons. The molecule has 1 heterocycles. The molecule has 2 aromatic carbocycles. The highest BCUT2D eigenvalue weighted by Gasteiger charge is 2.26. The third kappa shape index (κ3) is 5.74. The fraction of sp³-hybridized carbons (Fsp3) is 0.286. The summed E-state index contributed by atoms with van der Waals surface area (Å²) >= 11 is 14.5. The highest BCUT2D eigenvalue weighted by atomic mass is 35.5. The van der Waals surface area contributed by atoms with Gasteiger partial charge in [0.1, 0.15) is 5.82 Å². The van der Waals surface area contributed by atoms with Gasteiger partial charge in [-0.05, 0) is 55.2 Å². The lowest BCUT2D eigenvalue weighted by atomic mass is 10.00. The number of aryl methyl sites for hydroxylation is 1. The van der Waals surface area contributed by atoms with Crippen molar-refractivity contribution in [1.82, 2.24) is 9.55 Å². The number of hydrogen-bond acceptors (Lipinski definition) is 2. The molecule has 1 aromatic heterocycles. The Hall–Kier alpha value is -1.49. The van der Waals surface area contributed by atoms with Crippen LogP contribution in [0.2, 0.25) is 10.0 Å². The molecule has 0 N–H and O–H groups in total. The molecule has 0 fully saturated rings. The van der Waals surface area contributed by atoms with E-state index in [4.69, 9.17) is 23.2 Å². The molecule has 1 atom stereocenters. The van der Waals surface area contributed by atoms with Crippen molar-refractivity contribution in [2.75, 3.05) is 0 Å². The lowest BCUT2D eigenvalue weighted by Gasteiger charge is -2.30. The van der Waals surface area contributed by atoms with Crippen molar-refractivity contribution in [3.8, 4) is 0 Å². The first-order valence-electron chi connectivity index (χ1n) is 8.72. The third-order valence-corrected chi connectivity index (χ3v) is 6.73. The fourth-order valence-electron chi connectivity index (χ4n) is 2.94. The molecular formula is C21H21Cl2FN2S. The molecule has 6 heteroatoms. The van der Waals surface area contributed by atoms with E-state index in [0.29, 0.717) is 10.0 Å². The van der Waals surface area contributed by atoms with Crippen LogP contribution in [0.5, 0.6) is 0 Å². The van der Waals surface area contributed by atoms with E-state index in [9.17, 15) is 4.39 Å². The van der Waals surface area contributed by atoms with Gasteiger partial charge in [-0.15, -0.1) is 11.8 Å². The SMILES string of the molecule is CC(CCc1ccc(F)cc1)(Cn1ccnc1)SCc1c(Cl)cccc1Cl. The van der Waals surface area contributed by atoms with Crippen LogP contribution in [0.1, 0.15) is 24.5 Å². The maximum atomic E-state index is 13.2. The van der Waals surface area contributed by atoms with Crippen molar-refractivity contribution in [2.45, 2.75) is 36.8 Å². The van der Waals surface area contributed by atoms with Crippen molar-refractivity contribution >= 4 is 35.0 Å². The van der Waals surface area contributed by atoms with Gasteiger partial charge in [0.05, 0.1) is 6.33 Å².